The van der Waals surface area contributed by atoms with Gasteiger partial charge < -0.3 is 4.74 Å². The van der Waals surface area contributed by atoms with Crippen molar-refractivity contribution in [2.45, 2.75) is 64.8 Å². The molecular weight excluding hydrogens is 330 g/mol. The van der Waals surface area contributed by atoms with E-state index in [1.807, 2.05) is 0 Å². The van der Waals surface area contributed by atoms with Crippen LogP contribution in [0.3, 0.4) is 0 Å². The maximum absolute atomic E-state index is 12.9. The van der Waals surface area contributed by atoms with Gasteiger partial charge in [0.15, 0.2) is 6.61 Å². The largest absolute Gasteiger partial charge is 0.464 e. The summed E-state index contributed by atoms with van der Waals surface area (Å²) in [7, 11) is 0. The first-order chi connectivity index (χ1) is 11.4. The van der Waals surface area contributed by atoms with Crippen LogP contribution in [-0.2, 0) is 13.0 Å². The molecule has 3 nitrogen and oxygen atoms in total. The van der Waals surface area contributed by atoms with E-state index in [1.54, 1.807) is 0 Å². The summed E-state index contributed by atoms with van der Waals surface area (Å²) >= 11 is 1.43. The van der Waals surface area contributed by atoms with Gasteiger partial charge in [-0.3, -0.25) is 4.90 Å². The van der Waals surface area contributed by atoms with Crippen molar-refractivity contribution >= 4 is 11.3 Å². The van der Waals surface area contributed by atoms with Crippen LogP contribution in [0.15, 0.2) is 0 Å². The highest BCUT2D eigenvalue weighted by molar-refractivity contribution is 7.13. The second-order valence-corrected chi connectivity index (χ2v) is 8.70. The lowest BCUT2D eigenvalue weighted by atomic mass is 9.81. The Bertz CT molecular complexity index is 536. The van der Waals surface area contributed by atoms with E-state index in [1.165, 1.54) is 48.3 Å². The molecule has 0 amide bonds. The molecule has 0 saturated heterocycles. The summed E-state index contributed by atoms with van der Waals surface area (Å²) in [5, 5.41) is 0.393. The van der Waals surface area contributed by atoms with Crippen molar-refractivity contribution in [3.8, 4) is 5.19 Å². The molecule has 6 heteroatoms. The Kier molecular flexibility index (Phi) is 5.75. The number of fused-ring (bicyclic) bond motifs is 1. The number of rotatable bonds is 6. The molecule has 2 heterocycles. The molecule has 0 atom stereocenters. The van der Waals surface area contributed by atoms with E-state index in [9.17, 15) is 8.78 Å². The van der Waals surface area contributed by atoms with Crippen molar-refractivity contribution in [3.05, 3.63) is 10.6 Å². The highest BCUT2D eigenvalue weighted by Gasteiger charge is 2.26. The second-order valence-electron chi connectivity index (χ2n) is 7.65. The maximum Gasteiger partial charge on any atom is 0.278 e. The van der Waals surface area contributed by atoms with Gasteiger partial charge in [0.05, 0.1) is 5.69 Å². The summed E-state index contributed by atoms with van der Waals surface area (Å²) < 4.78 is 31.0. The van der Waals surface area contributed by atoms with Gasteiger partial charge in [-0.05, 0) is 31.2 Å². The molecule has 1 aliphatic heterocycles. The summed E-state index contributed by atoms with van der Waals surface area (Å²) in [6.45, 7) is 5.64. The molecular formula is C18H28F2N2OS. The number of alkyl halides is 2. The lowest BCUT2D eigenvalue weighted by Crippen LogP contribution is -2.32. The minimum Gasteiger partial charge on any atom is -0.464 e. The van der Waals surface area contributed by atoms with Gasteiger partial charge in [-0.1, -0.05) is 43.9 Å². The molecule has 0 bridgehead atoms. The number of halogens is 2. The highest BCUT2D eigenvalue weighted by atomic mass is 32.1. The number of hydrogen-bond donors (Lipinski definition) is 0. The van der Waals surface area contributed by atoms with Crippen LogP contribution in [0.25, 0.3) is 0 Å². The third kappa shape index (κ3) is 5.12. The molecule has 0 radical (unpaired) electrons. The third-order valence-electron chi connectivity index (χ3n) is 5.23. The van der Waals surface area contributed by atoms with E-state index in [-0.39, 0.29) is 0 Å². The Morgan fingerprint density at radius 1 is 1.29 bits per heavy atom. The fourth-order valence-corrected chi connectivity index (χ4v) is 4.56. The molecule has 0 N–H and O–H groups in total. The van der Waals surface area contributed by atoms with Crippen LogP contribution in [0.2, 0.25) is 0 Å². The molecule has 0 aromatic carbocycles. The molecule has 24 heavy (non-hydrogen) atoms. The second kappa shape index (κ2) is 7.65. The Labute approximate surface area is 147 Å². The first-order valence-electron chi connectivity index (χ1n) is 9.10. The van der Waals surface area contributed by atoms with Crippen molar-refractivity contribution in [1.82, 2.24) is 9.88 Å². The monoisotopic (exact) mass is 358 g/mol. The normalized spacial score (nSPS) is 25.5. The van der Waals surface area contributed by atoms with Gasteiger partial charge >= 0.3 is 0 Å². The van der Waals surface area contributed by atoms with Gasteiger partial charge in [-0.25, -0.2) is 13.8 Å². The third-order valence-corrected chi connectivity index (χ3v) is 6.30. The molecule has 0 unspecified atom stereocenters. The number of aromatic nitrogens is 1. The van der Waals surface area contributed by atoms with Crippen LogP contribution in [0, 0.1) is 11.8 Å². The SMILES string of the molecule is CC1CCC(CCN2CCc3sc(OCC(C)(F)F)nc3C2)CC1. The molecule has 3 rings (SSSR count). The molecule has 0 spiro atoms. The smallest absolute Gasteiger partial charge is 0.278 e. The van der Waals surface area contributed by atoms with E-state index < -0.39 is 12.5 Å². The van der Waals surface area contributed by atoms with Crippen LogP contribution in [0.4, 0.5) is 8.78 Å². The Morgan fingerprint density at radius 2 is 2.04 bits per heavy atom. The molecule has 1 aliphatic carbocycles. The molecule has 1 saturated carbocycles. The van der Waals surface area contributed by atoms with Crippen LogP contribution < -0.4 is 4.74 Å². The molecule has 136 valence electrons. The van der Waals surface area contributed by atoms with Crippen LogP contribution in [0.5, 0.6) is 5.19 Å². The first kappa shape index (κ1) is 18.1. The first-order valence-corrected chi connectivity index (χ1v) is 9.92. The molecule has 1 fully saturated rings. The van der Waals surface area contributed by atoms with Crippen molar-refractivity contribution < 1.29 is 13.5 Å². The van der Waals surface area contributed by atoms with E-state index >= 15 is 0 Å². The number of ether oxygens (including phenoxy) is 1. The fourth-order valence-electron chi connectivity index (χ4n) is 3.65. The van der Waals surface area contributed by atoms with Gasteiger partial charge in [0.25, 0.3) is 11.1 Å². The van der Waals surface area contributed by atoms with E-state index in [0.29, 0.717) is 5.19 Å². The van der Waals surface area contributed by atoms with Gasteiger partial charge in [0, 0.05) is 24.9 Å². The highest BCUT2D eigenvalue weighted by Crippen LogP contribution is 2.33. The van der Waals surface area contributed by atoms with Gasteiger partial charge in [0.1, 0.15) is 0 Å². The quantitative estimate of drug-likeness (QED) is 0.734. The Morgan fingerprint density at radius 3 is 2.75 bits per heavy atom. The number of hydrogen-bond acceptors (Lipinski definition) is 4. The van der Waals surface area contributed by atoms with E-state index in [4.69, 9.17) is 4.74 Å². The molecule has 2 aliphatic rings. The van der Waals surface area contributed by atoms with Crippen molar-refractivity contribution in [2.24, 2.45) is 11.8 Å². The zero-order valence-electron chi connectivity index (χ0n) is 14.7. The topological polar surface area (TPSA) is 25.4 Å². The minimum atomic E-state index is -2.81. The average Bonchev–Trinajstić information content (AvgIpc) is 2.94. The van der Waals surface area contributed by atoms with E-state index in [0.717, 1.165) is 50.5 Å². The fraction of sp³-hybridized carbons (Fsp3) is 0.833. The van der Waals surface area contributed by atoms with Gasteiger partial charge in [-0.15, -0.1) is 0 Å². The standard InChI is InChI=1S/C18H28F2N2OS/c1-13-3-5-14(6-4-13)7-9-22-10-8-16-15(11-22)21-17(24-16)23-12-18(2,19)20/h13-14H,3-12H2,1-2H3. The zero-order valence-corrected chi connectivity index (χ0v) is 15.5. The molecule has 1 aromatic heterocycles. The maximum atomic E-state index is 12.9. The molecule has 1 aromatic rings. The summed E-state index contributed by atoms with van der Waals surface area (Å²) in [6.07, 6.45) is 7.74. The predicted octanol–water partition coefficient (Wildman–Crippen LogP) is 4.75. The average molecular weight is 358 g/mol. The summed E-state index contributed by atoms with van der Waals surface area (Å²) in [5.74, 6) is -1.03. The minimum absolute atomic E-state index is 0.393. The van der Waals surface area contributed by atoms with Crippen LogP contribution >= 0.6 is 11.3 Å². The lowest BCUT2D eigenvalue weighted by molar-refractivity contribution is -0.0230. The summed E-state index contributed by atoms with van der Waals surface area (Å²) in [6, 6.07) is 0. The summed E-state index contributed by atoms with van der Waals surface area (Å²) in [4.78, 5) is 8.09. The van der Waals surface area contributed by atoms with Crippen molar-refractivity contribution in [2.75, 3.05) is 19.7 Å². The summed E-state index contributed by atoms with van der Waals surface area (Å²) in [5.41, 5.74) is 1.03. The van der Waals surface area contributed by atoms with Crippen molar-refractivity contribution in [1.29, 1.82) is 0 Å². The van der Waals surface area contributed by atoms with Crippen LogP contribution in [-0.4, -0.2) is 35.5 Å². The Hall–Kier alpha value is -0.750. The van der Waals surface area contributed by atoms with Gasteiger partial charge in [0.2, 0.25) is 0 Å². The van der Waals surface area contributed by atoms with E-state index in [2.05, 4.69) is 16.8 Å². The lowest BCUT2D eigenvalue weighted by Gasteiger charge is -2.30. The Balaban J connectivity index is 1.46. The number of nitrogens with zero attached hydrogens (tertiary/aromatic N) is 2. The van der Waals surface area contributed by atoms with Crippen molar-refractivity contribution in [3.63, 3.8) is 0 Å². The predicted molar refractivity (Wildman–Crippen MR) is 93.0 cm³/mol. The van der Waals surface area contributed by atoms with Gasteiger partial charge in [-0.2, -0.15) is 0 Å². The van der Waals surface area contributed by atoms with Crippen LogP contribution in [0.1, 0.15) is 56.5 Å². The zero-order chi connectivity index (χ0) is 17.2. The number of thiazole rings is 1.